The third-order valence-corrected chi connectivity index (χ3v) is 4.32. The van der Waals surface area contributed by atoms with E-state index in [1.807, 2.05) is 6.92 Å². The molecule has 0 radical (unpaired) electrons. The lowest BCUT2D eigenvalue weighted by Gasteiger charge is -2.24. The molecule has 0 saturated heterocycles. The molecule has 1 saturated carbocycles. The molecule has 1 aliphatic carbocycles. The summed E-state index contributed by atoms with van der Waals surface area (Å²) in [5, 5.41) is 4.08. The minimum absolute atomic E-state index is 0.374. The van der Waals surface area contributed by atoms with Crippen molar-refractivity contribution in [1.82, 2.24) is 10.1 Å². The Kier molecular flexibility index (Phi) is 4.05. The summed E-state index contributed by atoms with van der Waals surface area (Å²) in [7, 11) is 0. The van der Waals surface area contributed by atoms with Crippen LogP contribution >= 0.6 is 0 Å². The van der Waals surface area contributed by atoms with Crippen LogP contribution in [0.25, 0.3) is 0 Å². The van der Waals surface area contributed by atoms with Gasteiger partial charge in [0.25, 0.3) is 0 Å². The summed E-state index contributed by atoms with van der Waals surface area (Å²) < 4.78 is 5.21. The molecule has 0 amide bonds. The Morgan fingerprint density at radius 1 is 1.39 bits per heavy atom. The Bertz CT molecular complexity index is 388. The molecule has 0 aromatic carbocycles. The first-order valence-corrected chi connectivity index (χ1v) is 7.17. The lowest BCUT2D eigenvalue weighted by molar-refractivity contribution is 0.306. The molecule has 1 aliphatic rings. The average molecular weight is 251 g/mol. The van der Waals surface area contributed by atoms with Crippen molar-refractivity contribution in [3.63, 3.8) is 0 Å². The lowest BCUT2D eigenvalue weighted by Crippen LogP contribution is -2.37. The van der Waals surface area contributed by atoms with E-state index < -0.39 is 0 Å². The molecule has 2 rings (SSSR count). The molecule has 0 spiro atoms. The van der Waals surface area contributed by atoms with Gasteiger partial charge in [0.2, 0.25) is 5.89 Å². The van der Waals surface area contributed by atoms with Crippen molar-refractivity contribution in [2.24, 2.45) is 17.6 Å². The summed E-state index contributed by atoms with van der Waals surface area (Å²) in [5.41, 5.74) is 6.15. The molecular formula is C14H25N3O. The smallest absolute Gasteiger partial charge is 0.226 e. The monoisotopic (exact) mass is 251 g/mol. The van der Waals surface area contributed by atoms with Crippen LogP contribution in [0.15, 0.2) is 4.52 Å². The Labute approximate surface area is 109 Å². The van der Waals surface area contributed by atoms with E-state index in [1.165, 1.54) is 12.8 Å². The normalized spacial score (nSPS) is 29.5. The fraction of sp³-hybridized carbons (Fsp3) is 0.857. The summed E-state index contributed by atoms with van der Waals surface area (Å²) in [5.74, 6) is 2.93. The number of hydrogen-bond donors (Lipinski definition) is 1. The van der Waals surface area contributed by atoms with Crippen LogP contribution in [0.1, 0.15) is 64.6 Å². The van der Waals surface area contributed by atoms with Crippen molar-refractivity contribution in [3.8, 4) is 0 Å². The Morgan fingerprint density at radius 3 is 2.78 bits per heavy atom. The summed E-state index contributed by atoms with van der Waals surface area (Å²) in [6.07, 6.45) is 6.32. The van der Waals surface area contributed by atoms with Crippen LogP contribution in [0, 0.1) is 11.8 Å². The second kappa shape index (κ2) is 5.39. The van der Waals surface area contributed by atoms with Crippen molar-refractivity contribution < 1.29 is 4.52 Å². The standard InChI is InChI=1S/C14H25N3O/c1-4-12-16-13(17-18-12)14(15)8-5-6-11(7-9-14)10(2)3/h10-11H,4-9,15H2,1-3H3. The minimum Gasteiger partial charge on any atom is -0.339 e. The van der Waals surface area contributed by atoms with Crippen LogP contribution in [0.3, 0.4) is 0 Å². The van der Waals surface area contributed by atoms with Crippen molar-refractivity contribution in [3.05, 3.63) is 11.7 Å². The number of nitrogens with zero attached hydrogens (tertiary/aromatic N) is 2. The summed E-state index contributed by atoms with van der Waals surface area (Å²) in [4.78, 5) is 4.43. The van der Waals surface area contributed by atoms with Crippen LogP contribution in [0.4, 0.5) is 0 Å². The molecular weight excluding hydrogens is 226 g/mol. The van der Waals surface area contributed by atoms with E-state index in [9.17, 15) is 0 Å². The first-order valence-electron chi connectivity index (χ1n) is 7.17. The molecule has 2 unspecified atom stereocenters. The van der Waals surface area contributed by atoms with Gasteiger partial charge in [-0.25, -0.2) is 0 Å². The van der Waals surface area contributed by atoms with Crippen molar-refractivity contribution >= 4 is 0 Å². The average Bonchev–Trinajstić information content (AvgIpc) is 2.74. The van der Waals surface area contributed by atoms with Crippen molar-refractivity contribution in [2.75, 3.05) is 0 Å². The zero-order chi connectivity index (χ0) is 13.2. The molecule has 1 heterocycles. The highest BCUT2D eigenvalue weighted by Crippen LogP contribution is 2.37. The van der Waals surface area contributed by atoms with E-state index in [0.717, 1.165) is 37.5 Å². The Hall–Kier alpha value is -0.900. The Morgan fingerprint density at radius 2 is 2.17 bits per heavy atom. The van der Waals surface area contributed by atoms with Crippen LogP contribution in [-0.2, 0) is 12.0 Å². The van der Waals surface area contributed by atoms with Gasteiger partial charge in [-0.05, 0) is 31.1 Å². The molecule has 4 nitrogen and oxygen atoms in total. The predicted molar refractivity (Wildman–Crippen MR) is 71.0 cm³/mol. The molecule has 1 aromatic rings. The first kappa shape index (κ1) is 13.5. The summed E-state index contributed by atoms with van der Waals surface area (Å²) in [6.45, 7) is 6.62. The maximum absolute atomic E-state index is 6.53. The quantitative estimate of drug-likeness (QED) is 0.839. The molecule has 0 bridgehead atoms. The first-order chi connectivity index (χ1) is 8.55. The second-order valence-corrected chi connectivity index (χ2v) is 5.96. The maximum atomic E-state index is 6.53. The van der Waals surface area contributed by atoms with Gasteiger partial charge in [-0.1, -0.05) is 38.8 Å². The molecule has 2 N–H and O–H groups in total. The molecule has 2 atom stereocenters. The fourth-order valence-electron chi connectivity index (χ4n) is 2.88. The number of hydrogen-bond acceptors (Lipinski definition) is 4. The number of aromatic nitrogens is 2. The van der Waals surface area contributed by atoms with E-state index in [-0.39, 0.29) is 5.54 Å². The largest absolute Gasteiger partial charge is 0.339 e. The fourth-order valence-corrected chi connectivity index (χ4v) is 2.88. The highest BCUT2D eigenvalue weighted by atomic mass is 16.5. The predicted octanol–water partition coefficient (Wildman–Crippen LogP) is 3.02. The molecule has 1 fully saturated rings. The maximum Gasteiger partial charge on any atom is 0.226 e. The number of rotatable bonds is 3. The van der Waals surface area contributed by atoms with Crippen LogP contribution in [-0.4, -0.2) is 10.1 Å². The molecule has 102 valence electrons. The topological polar surface area (TPSA) is 64.9 Å². The molecule has 18 heavy (non-hydrogen) atoms. The van der Waals surface area contributed by atoms with E-state index in [4.69, 9.17) is 10.3 Å². The number of nitrogens with two attached hydrogens (primary N) is 1. The second-order valence-electron chi connectivity index (χ2n) is 5.96. The van der Waals surface area contributed by atoms with Gasteiger partial charge < -0.3 is 10.3 Å². The van der Waals surface area contributed by atoms with Gasteiger partial charge in [0, 0.05) is 6.42 Å². The Balaban J connectivity index is 2.11. The van der Waals surface area contributed by atoms with Gasteiger partial charge in [-0.3, -0.25) is 0 Å². The van der Waals surface area contributed by atoms with E-state index in [2.05, 4.69) is 24.0 Å². The van der Waals surface area contributed by atoms with E-state index in [1.54, 1.807) is 0 Å². The molecule has 1 aromatic heterocycles. The molecule has 4 heteroatoms. The van der Waals surface area contributed by atoms with Crippen LogP contribution < -0.4 is 5.73 Å². The van der Waals surface area contributed by atoms with Gasteiger partial charge in [-0.15, -0.1) is 0 Å². The zero-order valence-electron chi connectivity index (χ0n) is 11.8. The van der Waals surface area contributed by atoms with Crippen LogP contribution in [0.5, 0.6) is 0 Å². The highest BCUT2D eigenvalue weighted by Gasteiger charge is 2.35. The SMILES string of the molecule is CCc1nc(C2(N)CCCC(C(C)C)CC2)no1. The highest BCUT2D eigenvalue weighted by molar-refractivity contribution is 5.05. The van der Waals surface area contributed by atoms with Gasteiger partial charge >= 0.3 is 0 Å². The van der Waals surface area contributed by atoms with Gasteiger partial charge in [-0.2, -0.15) is 4.98 Å². The van der Waals surface area contributed by atoms with E-state index in [0.29, 0.717) is 11.7 Å². The minimum atomic E-state index is -0.374. The third-order valence-electron chi connectivity index (χ3n) is 4.32. The van der Waals surface area contributed by atoms with Crippen molar-refractivity contribution in [1.29, 1.82) is 0 Å². The van der Waals surface area contributed by atoms with Crippen molar-refractivity contribution in [2.45, 2.75) is 64.8 Å². The van der Waals surface area contributed by atoms with Crippen LogP contribution in [0.2, 0.25) is 0 Å². The number of aryl methyl sites for hydroxylation is 1. The molecule has 0 aliphatic heterocycles. The lowest BCUT2D eigenvalue weighted by atomic mass is 9.87. The van der Waals surface area contributed by atoms with E-state index >= 15 is 0 Å². The summed E-state index contributed by atoms with van der Waals surface area (Å²) >= 11 is 0. The van der Waals surface area contributed by atoms with Gasteiger partial charge in [0.1, 0.15) is 0 Å². The summed E-state index contributed by atoms with van der Waals surface area (Å²) in [6, 6.07) is 0. The van der Waals surface area contributed by atoms with Gasteiger partial charge in [0.05, 0.1) is 5.54 Å². The third kappa shape index (κ3) is 2.74. The van der Waals surface area contributed by atoms with Gasteiger partial charge in [0.15, 0.2) is 5.82 Å². The zero-order valence-corrected chi connectivity index (χ0v) is 11.8.